The minimum Gasteiger partial charge on any atom is -0.481 e. The molecule has 1 aromatic heterocycles. The average Bonchev–Trinajstić information content (AvgIpc) is 2.93. The SMILES string of the molecule is CC1=C(C(=O)O)C=CC(Cl)(c2ccc3sccc3c2)C1C(=O)O. The molecule has 0 saturated carbocycles. The lowest BCUT2D eigenvalue weighted by Crippen LogP contribution is -2.37. The largest absolute Gasteiger partial charge is 0.481 e. The molecule has 0 amide bonds. The molecule has 1 heterocycles. The van der Waals surface area contributed by atoms with Crippen LogP contribution in [0.4, 0.5) is 0 Å². The van der Waals surface area contributed by atoms with E-state index in [1.165, 1.54) is 19.1 Å². The number of carboxylic acids is 2. The van der Waals surface area contributed by atoms with E-state index in [0.29, 0.717) is 5.56 Å². The van der Waals surface area contributed by atoms with Crippen molar-refractivity contribution < 1.29 is 19.8 Å². The van der Waals surface area contributed by atoms with Gasteiger partial charge in [0.1, 0.15) is 10.8 Å². The number of allylic oxidation sites excluding steroid dienone is 1. The number of aliphatic carboxylic acids is 2. The Hall–Kier alpha value is -2.11. The Bertz CT molecular complexity index is 880. The quantitative estimate of drug-likeness (QED) is 0.822. The van der Waals surface area contributed by atoms with Crippen LogP contribution >= 0.6 is 22.9 Å². The van der Waals surface area contributed by atoms with E-state index in [4.69, 9.17) is 11.6 Å². The zero-order valence-corrected chi connectivity index (χ0v) is 13.7. The maximum atomic E-state index is 11.8. The van der Waals surface area contributed by atoms with E-state index in [1.54, 1.807) is 17.4 Å². The van der Waals surface area contributed by atoms with Gasteiger partial charge in [-0.1, -0.05) is 12.1 Å². The highest BCUT2D eigenvalue weighted by Gasteiger charge is 2.46. The number of carboxylic acid groups (broad SMARTS) is 2. The van der Waals surface area contributed by atoms with E-state index >= 15 is 0 Å². The number of halogens is 1. The predicted octanol–water partition coefficient (Wildman–Crippen LogP) is 4.01. The van der Waals surface area contributed by atoms with Crippen LogP contribution in [0.5, 0.6) is 0 Å². The molecule has 0 fully saturated rings. The van der Waals surface area contributed by atoms with Crippen molar-refractivity contribution in [2.24, 2.45) is 5.92 Å². The van der Waals surface area contributed by atoms with Gasteiger partial charge in [-0.2, -0.15) is 0 Å². The lowest BCUT2D eigenvalue weighted by Gasteiger charge is -2.34. The molecule has 3 rings (SSSR count). The van der Waals surface area contributed by atoms with E-state index in [-0.39, 0.29) is 11.1 Å². The number of fused-ring (bicyclic) bond motifs is 1. The lowest BCUT2D eigenvalue weighted by atomic mass is 9.75. The highest BCUT2D eigenvalue weighted by atomic mass is 35.5. The Labute approximate surface area is 141 Å². The zero-order chi connectivity index (χ0) is 16.8. The average molecular weight is 349 g/mol. The van der Waals surface area contributed by atoms with Crippen LogP contribution in [0.25, 0.3) is 10.1 Å². The molecule has 2 unspecified atom stereocenters. The van der Waals surface area contributed by atoms with Crippen molar-refractivity contribution in [1.29, 1.82) is 0 Å². The summed E-state index contributed by atoms with van der Waals surface area (Å²) in [6, 6.07) is 7.50. The fourth-order valence-electron chi connectivity index (χ4n) is 2.98. The summed E-state index contributed by atoms with van der Waals surface area (Å²) >= 11 is 8.29. The van der Waals surface area contributed by atoms with Gasteiger partial charge in [-0.15, -0.1) is 22.9 Å². The number of benzene rings is 1. The molecule has 0 bridgehead atoms. The van der Waals surface area contributed by atoms with Gasteiger partial charge in [0.2, 0.25) is 0 Å². The minimum atomic E-state index is -1.31. The van der Waals surface area contributed by atoms with Gasteiger partial charge < -0.3 is 10.2 Å². The van der Waals surface area contributed by atoms with Crippen LogP contribution in [0.3, 0.4) is 0 Å². The van der Waals surface area contributed by atoms with Gasteiger partial charge in [-0.25, -0.2) is 4.79 Å². The predicted molar refractivity (Wildman–Crippen MR) is 90.0 cm³/mol. The zero-order valence-electron chi connectivity index (χ0n) is 12.1. The Morgan fingerprint density at radius 3 is 2.65 bits per heavy atom. The van der Waals surface area contributed by atoms with E-state index in [1.807, 2.05) is 23.6 Å². The van der Waals surface area contributed by atoms with Crippen molar-refractivity contribution in [3.8, 4) is 0 Å². The van der Waals surface area contributed by atoms with E-state index in [0.717, 1.165) is 10.1 Å². The van der Waals surface area contributed by atoms with Crippen LogP contribution in [0.1, 0.15) is 12.5 Å². The minimum absolute atomic E-state index is 0.0229. The second-order valence-electron chi connectivity index (χ2n) is 5.45. The van der Waals surface area contributed by atoms with Crippen LogP contribution in [0.2, 0.25) is 0 Å². The van der Waals surface area contributed by atoms with Crippen LogP contribution in [0.15, 0.2) is 52.9 Å². The Balaban J connectivity index is 2.18. The lowest BCUT2D eigenvalue weighted by molar-refractivity contribution is -0.141. The van der Waals surface area contributed by atoms with E-state index < -0.39 is 22.7 Å². The van der Waals surface area contributed by atoms with Crippen LogP contribution in [-0.4, -0.2) is 22.2 Å². The van der Waals surface area contributed by atoms with Crippen LogP contribution in [0, 0.1) is 5.92 Å². The molecule has 0 saturated heterocycles. The monoisotopic (exact) mass is 348 g/mol. The number of alkyl halides is 1. The number of carbonyl (C=O) groups is 2. The first-order valence-electron chi connectivity index (χ1n) is 6.87. The van der Waals surface area contributed by atoms with E-state index in [2.05, 4.69) is 0 Å². The molecule has 1 aromatic carbocycles. The summed E-state index contributed by atoms with van der Waals surface area (Å²) in [4.78, 5) is 21.8. The van der Waals surface area contributed by atoms with Crippen molar-refractivity contribution in [3.05, 3.63) is 58.5 Å². The number of thiophene rings is 1. The normalized spacial score (nSPS) is 24.2. The molecule has 23 heavy (non-hydrogen) atoms. The summed E-state index contributed by atoms with van der Waals surface area (Å²) in [7, 11) is 0. The summed E-state index contributed by atoms with van der Waals surface area (Å²) < 4.78 is 1.08. The molecule has 0 aliphatic heterocycles. The standard InChI is InChI=1S/C17H13ClO4S/c1-9-12(15(19)20)4-6-17(18,14(9)16(21)22)11-2-3-13-10(8-11)5-7-23-13/h2-8,14H,1H3,(H,19,20)(H,21,22). The first-order chi connectivity index (χ1) is 10.8. The van der Waals surface area contributed by atoms with Gasteiger partial charge in [-0.05, 0) is 53.1 Å². The molecule has 118 valence electrons. The molecule has 0 spiro atoms. The molecule has 1 aliphatic rings. The Morgan fingerprint density at radius 2 is 2.00 bits per heavy atom. The Morgan fingerprint density at radius 1 is 1.26 bits per heavy atom. The first kappa shape index (κ1) is 15.8. The van der Waals surface area contributed by atoms with E-state index in [9.17, 15) is 19.8 Å². The van der Waals surface area contributed by atoms with Crippen LogP contribution < -0.4 is 0 Å². The first-order valence-corrected chi connectivity index (χ1v) is 8.13. The summed E-state index contributed by atoms with van der Waals surface area (Å²) in [6.07, 6.45) is 2.86. The fourth-order valence-corrected chi connectivity index (χ4v) is 4.18. The van der Waals surface area contributed by atoms with Crippen molar-refractivity contribution in [1.82, 2.24) is 0 Å². The molecule has 2 N–H and O–H groups in total. The van der Waals surface area contributed by atoms with Crippen molar-refractivity contribution in [2.45, 2.75) is 11.8 Å². The smallest absolute Gasteiger partial charge is 0.335 e. The second-order valence-corrected chi connectivity index (χ2v) is 7.02. The summed E-state index contributed by atoms with van der Waals surface area (Å²) in [5.74, 6) is -3.45. The number of rotatable bonds is 3. The van der Waals surface area contributed by atoms with Crippen LogP contribution in [-0.2, 0) is 14.5 Å². The topological polar surface area (TPSA) is 74.6 Å². The molecular weight excluding hydrogens is 336 g/mol. The highest BCUT2D eigenvalue weighted by Crippen LogP contribution is 2.46. The third-order valence-electron chi connectivity index (χ3n) is 4.14. The van der Waals surface area contributed by atoms with Crippen molar-refractivity contribution >= 4 is 45.0 Å². The molecule has 2 atom stereocenters. The van der Waals surface area contributed by atoms with Gasteiger partial charge in [0.15, 0.2) is 0 Å². The van der Waals surface area contributed by atoms with Gasteiger partial charge >= 0.3 is 11.9 Å². The molecule has 6 heteroatoms. The fraction of sp³-hybridized carbons (Fsp3) is 0.176. The highest BCUT2D eigenvalue weighted by molar-refractivity contribution is 7.17. The molecular formula is C17H13ClO4S. The molecule has 0 radical (unpaired) electrons. The summed E-state index contributed by atoms with van der Waals surface area (Å²) in [5.41, 5.74) is 0.857. The molecule has 1 aliphatic carbocycles. The Kier molecular flexibility index (Phi) is 3.78. The molecule has 2 aromatic rings. The second kappa shape index (κ2) is 5.51. The number of hydrogen-bond acceptors (Lipinski definition) is 3. The molecule has 4 nitrogen and oxygen atoms in total. The van der Waals surface area contributed by atoms with Crippen molar-refractivity contribution in [2.75, 3.05) is 0 Å². The van der Waals surface area contributed by atoms with Gasteiger partial charge in [0.25, 0.3) is 0 Å². The van der Waals surface area contributed by atoms with Gasteiger partial charge in [0, 0.05) is 4.70 Å². The van der Waals surface area contributed by atoms with Crippen molar-refractivity contribution in [3.63, 3.8) is 0 Å². The number of hydrogen-bond donors (Lipinski definition) is 2. The third kappa shape index (κ3) is 2.46. The third-order valence-corrected chi connectivity index (χ3v) is 5.60. The maximum Gasteiger partial charge on any atom is 0.335 e. The summed E-state index contributed by atoms with van der Waals surface area (Å²) in [6.45, 7) is 1.51. The van der Waals surface area contributed by atoms with Gasteiger partial charge in [-0.3, -0.25) is 4.79 Å². The maximum absolute atomic E-state index is 11.8. The van der Waals surface area contributed by atoms with Gasteiger partial charge in [0.05, 0.1) is 5.57 Å². The summed E-state index contributed by atoms with van der Waals surface area (Å²) in [5, 5.41) is 21.8.